The van der Waals surface area contributed by atoms with Crippen LogP contribution >= 0.6 is 23.5 Å². The minimum atomic E-state index is -0.0952. The third-order valence-electron chi connectivity index (χ3n) is 5.86. The number of ether oxygens (including phenoxy) is 1. The van der Waals surface area contributed by atoms with Gasteiger partial charge in [-0.3, -0.25) is 9.59 Å². The molecule has 30 heavy (non-hydrogen) atoms. The molecular weight excluding hydrogens is 416 g/mol. The number of amides is 2. The SMILES string of the molecule is CCC(CC)C(=O)N1CCC(NC(=O)COc2ccc(C3SCCCS3)cc2)CC1. The van der Waals surface area contributed by atoms with Crippen molar-refractivity contribution in [2.24, 2.45) is 5.92 Å². The summed E-state index contributed by atoms with van der Waals surface area (Å²) in [6, 6.07) is 8.25. The summed E-state index contributed by atoms with van der Waals surface area (Å²) in [6.07, 6.45) is 4.69. The fourth-order valence-corrected chi connectivity index (χ4v) is 6.85. The molecule has 3 rings (SSSR count). The Morgan fingerprint density at radius 2 is 1.73 bits per heavy atom. The highest BCUT2D eigenvalue weighted by molar-refractivity contribution is 8.16. The van der Waals surface area contributed by atoms with E-state index in [2.05, 4.69) is 31.3 Å². The van der Waals surface area contributed by atoms with E-state index in [0.717, 1.165) is 44.5 Å². The lowest BCUT2D eigenvalue weighted by Crippen LogP contribution is -2.48. The fourth-order valence-electron chi connectivity index (χ4n) is 3.96. The predicted octanol–water partition coefficient (Wildman–Crippen LogP) is 4.48. The van der Waals surface area contributed by atoms with Gasteiger partial charge in [0.05, 0.1) is 4.58 Å². The van der Waals surface area contributed by atoms with Gasteiger partial charge in [0.25, 0.3) is 5.91 Å². The first-order chi connectivity index (χ1) is 14.6. The Balaban J connectivity index is 1.37. The van der Waals surface area contributed by atoms with Gasteiger partial charge < -0.3 is 15.0 Å². The van der Waals surface area contributed by atoms with Crippen LogP contribution in [0.25, 0.3) is 0 Å². The van der Waals surface area contributed by atoms with Gasteiger partial charge >= 0.3 is 0 Å². The molecule has 7 heteroatoms. The first kappa shape index (κ1) is 23.3. The zero-order chi connectivity index (χ0) is 21.3. The van der Waals surface area contributed by atoms with Crippen LogP contribution in [0.2, 0.25) is 0 Å². The largest absolute Gasteiger partial charge is 0.484 e. The normalized spacial score (nSPS) is 18.4. The van der Waals surface area contributed by atoms with E-state index in [-0.39, 0.29) is 30.4 Å². The molecule has 1 aromatic rings. The molecule has 2 saturated heterocycles. The lowest BCUT2D eigenvalue weighted by molar-refractivity contribution is -0.137. The Labute approximate surface area is 189 Å². The van der Waals surface area contributed by atoms with Crippen LogP contribution in [-0.2, 0) is 9.59 Å². The Morgan fingerprint density at radius 1 is 1.10 bits per heavy atom. The third-order valence-corrected chi connectivity index (χ3v) is 8.87. The number of piperidine rings is 1. The van der Waals surface area contributed by atoms with E-state index in [0.29, 0.717) is 4.58 Å². The van der Waals surface area contributed by atoms with Gasteiger partial charge in [0.2, 0.25) is 5.91 Å². The quantitative estimate of drug-likeness (QED) is 0.633. The molecule has 0 aliphatic carbocycles. The van der Waals surface area contributed by atoms with Crippen molar-refractivity contribution < 1.29 is 14.3 Å². The smallest absolute Gasteiger partial charge is 0.258 e. The van der Waals surface area contributed by atoms with Crippen molar-refractivity contribution in [3.63, 3.8) is 0 Å². The lowest BCUT2D eigenvalue weighted by Gasteiger charge is -2.34. The lowest BCUT2D eigenvalue weighted by atomic mass is 9.98. The van der Waals surface area contributed by atoms with E-state index in [1.54, 1.807) is 0 Å². The number of nitrogens with zero attached hydrogens (tertiary/aromatic N) is 1. The molecule has 0 spiro atoms. The summed E-state index contributed by atoms with van der Waals surface area (Å²) in [5.74, 6) is 3.47. The molecule has 0 aromatic heterocycles. The van der Waals surface area contributed by atoms with Crippen molar-refractivity contribution in [3.8, 4) is 5.75 Å². The molecule has 2 aliphatic rings. The van der Waals surface area contributed by atoms with Gasteiger partial charge in [0.15, 0.2) is 6.61 Å². The van der Waals surface area contributed by atoms with E-state index >= 15 is 0 Å². The van der Waals surface area contributed by atoms with Crippen LogP contribution in [0.4, 0.5) is 0 Å². The van der Waals surface area contributed by atoms with Crippen LogP contribution in [0.3, 0.4) is 0 Å². The predicted molar refractivity (Wildman–Crippen MR) is 126 cm³/mol. The number of carbonyl (C=O) groups is 2. The van der Waals surface area contributed by atoms with E-state index in [1.165, 1.54) is 23.5 Å². The highest BCUT2D eigenvalue weighted by Crippen LogP contribution is 2.43. The number of nitrogens with one attached hydrogen (secondary N) is 1. The van der Waals surface area contributed by atoms with Crippen molar-refractivity contribution in [2.75, 3.05) is 31.2 Å². The van der Waals surface area contributed by atoms with Crippen LogP contribution in [0, 0.1) is 5.92 Å². The van der Waals surface area contributed by atoms with Gasteiger partial charge in [-0.05, 0) is 61.3 Å². The van der Waals surface area contributed by atoms with Crippen LogP contribution < -0.4 is 10.1 Å². The summed E-state index contributed by atoms with van der Waals surface area (Å²) in [7, 11) is 0. The van der Waals surface area contributed by atoms with Gasteiger partial charge in [0.1, 0.15) is 5.75 Å². The van der Waals surface area contributed by atoms with Gasteiger partial charge in [0, 0.05) is 25.0 Å². The summed E-state index contributed by atoms with van der Waals surface area (Å²) in [5, 5.41) is 3.06. The molecule has 0 atom stereocenters. The highest BCUT2D eigenvalue weighted by Gasteiger charge is 2.27. The first-order valence-electron chi connectivity index (χ1n) is 11.1. The van der Waals surface area contributed by atoms with E-state index in [1.807, 2.05) is 40.6 Å². The molecule has 2 fully saturated rings. The molecular formula is C23H34N2O3S2. The van der Waals surface area contributed by atoms with Gasteiger partial charge in [-0.1, -0.05) is 26.0 Å². The van der Waals surface area contributed by atoms with Gasteiger partial charge in [-0.25, -0.2) is 0 Å². The summed E-state index contributed by atoms with van der Waals surface area (Å²) < 4.78 is 6.19. The number of hydrogen-bond donors (Lipinski definition) is 1. The number of carbonyl (C=O) groups excluding carboxylic acids is 2. The highest BCUT2D eigenvalue weighted by atomic mass is 32.2. The molecule has 0 unspecified atom stereocenters. The summed E-state index contributed by atoms with van der Waals surface area (Å²) >= 11 is 4.00. The standard InChI is InChI=1S/C23H34N2O3S2/c1-3-17(4-2)22(27)25-12-10-19(11-13-25)24-21(26)16-28-20-8-6-18(7-9-20)23-29-14-5-15-30-23/h6-9,17,19,23H,3-5,10-16H2,1-2H3,(H,24,26). The summed E-state index contributed by atoms with van der Waals surface area (Å²) in [6.45, 7) is 5.61. The molecule has 1 N–H and O–H groups in total. The van der Waals surface area contributed by atoms with Crippen molar-refractivity contribution >= 4 is 35.3 Å². The van der Waals surface area contributed by atoms with Crippen LogP contribution in [0.5, 0.6) is 5.75 Å². The zero-order valence-corrected chi connectivity index (χ0v) is 19.7. The maximum Gasteiger partial charge on any atom is 0.258 e. The monoisotopic (exact) mass is 450 g/mol. The minimum absolute atomic E-state index is 0.0269. The van der Waals surface area contributed by atoms with E-state index < -0.39 is 0 Å². The second-order valence-corrected chi connectivity index (χ2v) is 10.7. The maximum atomic E-state index is 12.5. The van der Waals surface area contributed by atoms with Crippen molar-refractivity contribution in [1.82, 2.24) is 10.2 Å². The minimum Gasteiger partial charge on any atom is -0.484 e. The average Bonchev–Trinajstić information content (AvgIpc) is 2.80. The third kappa shape index (κ3) is 6.58. The van der Waals surface area contributed by atoms with E-state index in [4.69, 9.17) is 4.74 Å². The topological polar surface area (TPSA) is 58.6 Å². The van der Waals surface area contributed by atoms with Gasteiger partial charge in [-0.2, -0.15) is 0 Å². The molecule has 0 bridgehead atoms. The second kappa shape index (κ2) is 11.9. The van der Waals surface area contributed by atoms with Gasteiger partial charge in [-0.15, -0.1) is 23.5 Å². The average molecular weight is 451 g/mol. The number of rotatable bonds is 8. The van der Waals surface area contributed by atoms with Crippen molar-refractivity contribution in [2.45, 2.75) is 56.6 Å². The molecule has 166 valence electrons. The molecule has 2 amide bonds. The Bertz CT molecular complexity index is 680. The number of hydrogen-bond acceptors (Lipinski definition) is 5. The Morgan fingerprint density at radius 3 is 2.33 bits per heavy atom. The second-order valence-electron chi connectivity index (χ2n) is 7.97. The van der Waals surface area contributed by atoms with Crippen molar-refractivity contribution in [3.05, 3.63) is 29.8 Å². The van der Waals surface area contributed by atoms with Crippen LogP contribution in [0.15, 0.2) is 24.3 Å². The number of likely N-dealkylation sites (tertiary alicyclic amines) is 1. The maximum absolute atomic E-state index is 12.5. The van der Waals surface area contributed by atoms with Crippen LogP contribution in [0.1, 0.15) is 56.1 Å². The molecule has 0 saturated carbocycles. The van der Waals surface area contributed by atoms with Crippen LogP contribution in [-0.4, -0.2) is 54.0 Å². The summed E-state index contributed by atoms with van der Waals surface area (Å²) in [4.78, 5) is 26.7. The van der Waals surface area contributed by atoms with Crippen molar-refractivity contribution in [1.29, 1.82) is 0 Å². The molecule has 0 radical (unpaired) electrons. The Kier molecular flexibility index (Phi) is 9.25. The van der Waals surface area contributed by atoms with E-state index in [9.17, 15) is 9.59 Å². The first-order valence-corrected chi connectivity index (χ1v) is 13.2. The number of benzene rings is 1. The fraction of sp³-hybridized carbons (Fsp3) is 0.652. The molecule has 2 aliphatic heterocycles. The zero-order valence-electron chi connectivity index (χ0n) is 18.1. The Hall–Kier alpha value is -1.34. The molecule has 2 heterocycles. The number of thioether (sulfide) groups is 2. The molecule has 5 nitrogen and oxygen atoms in total. The molecule has 1 aromatic carbocycles. The summed E-state index contributed by atoms with van der Waals surface area (Å²) in [5.41, 5.74) is 1.32.